The molecule has 2 N–H and O–H groups in total. The molecule has 18 heavy (non-hydrogen) atoms. The Morgan fingerprint density at radius 2 is 2.00 bits per heavy atom. The van der Waals surface area contributed by atoms with E-state index in [2.05, 4.69) is 28.4 Å². The molecule has 0 spiro atoms. The molecule has 1 heterocycles. The number of benzene rings is 1. The lowest BCUT2D eigenvalue weighted by molar-refractivity contribution is 0.632. The number of aromatic nitrogens is 2. The lowest BCUT2D eigenvalue weighted by Crippen LogP contribution is -2.19. The summed E-state index contributed by atoms with van der Waals surface area (Å²) in [4.78, 5) is 6.59. The lowest BCUT2D eigenvalue weighted by Gasteiger charge is -2.19. The van der Waals surface area contributed by atoms with Crippen LogP contribution < -0.4 is 10.6 Å². The highest BCUT2D eigenvalue weighted by Crippen LogP contribution is 2.16. The molecular formula is C14H20N4. The van der Waals surface area contributed by atoms with Gasteiger partial charge < -0.3 is 15.2 Å². The first-order valence-electron chi connectivity index (χ1n) is 6.27. The Bertz CT molecular complexity index is 487. The third-order valence-corrected chi connectivity index (χ3v) is 2.98. The Kier molecular flexibility index (Phi) is 3.87. The van der Waals surface area contributed by atoms with Crippen LogP contribution >= 0.6 is 0 Å². The molecule has 4 heteroatoms. The fourth-order valence-electron chi connectivity index (χ4n) is 1.97. The van der Waals surface area contributed by atoms with E-state index in [0.717, 1.165) is 36.7 Å². The molecule has 0 aliphatic rings. The van der Waals surface area contributed by atoms with Gasteiger partial charge in [-0.2, -0.15) is 0 Å². The molecule has 1 aromatic heterocycles. The maximum Gasteiger partial charge on any atom is 0.128 e. The van der Waals surface area contributed by atoms with Crippen molar-refractivity contribution in [2.45, 2.75) is 26.4 Å². The van der Waals surface area contributed by atoms with Crippen LogP contribution in [0.1, 0.15) is 19.2 Å². The summed E-state index contributed by atoms with van der Waals surface area (Å²) in [5, 5.41) is 0. The van der Waals surface area contributed by atoms with Gasteiger partial charge in [0.05, 0.1) is 6.54 Å². The number of aryl methyl sites for hydroxylation is 1. The van der Waals surface area contributed by atoms with E-state index in [1.54, 1.807) is 0 Å². The molecule has 0 saturated heterocycles. The summed E-state index contributed by atoms with van der Waals surface area (Å²) >= 11 is 0. The third-order valence-electron chi connectivity index (χ3n) is 2.98. The zero-order chi connectivity index (χ0) is 13.0. The highest BCUT2D eigenvalue weighted by Gasteiger charge is 2.06. The molecule has 4 nitrogen and oxygen atoms in total. The number of hydrogen-bond acceptors (Lipinski definition) is 3. The molecule has 2 rings (SSSR count). The summed E-state index contributed by atoms with van der Waals surface area (Å²) in [6.07, 6.45) is 5.02. The van der Waals surface area contributed by atoms with Crippen molar-refractivity contribution < 1.29 is 0 Å². The van der Waals surface area contributed by atoms with Gasteiger partial charge in [-0.1, -0.05) is 6.92 Å². The van der Waals surface area contributed by atoms with Gasteiger partial charge >= 0.3 is 0 Å². The fraction of sp³-hybridized carbons (Fsp3) is 0.357. The summed E-state index contributed by atoms with van der Waals surface area (Å²) in [5.74, 6) is 1.09. The standard InChI is InChI=1S/C14H20N4/c1-3-9-18-10-8-16-14(18)11-17(2)13-6-4-12(15)5-7-13/h4-8,10H,3,9,11,15H2,1-2H3. The number of rotatable bonds is 5. The van der Waals surface area contributed by atoms with E-state index in [1.165, 1.54) is 0 Å². The number of hydrogen-bond donors (Lipinski definition) is 1. The van der Waals surface area contributed by atoms with Crippen molar-refractivity contribution in [1.82, 2.24) is 9.55 Å². The van der Waals surface area contributed by atoms with E-state index in [0.29, 0.717) is 0 Å². The van der Waals surface area contributed by atoms with Gasteiger partial charge in [0.1, 0.15) is 5.82 Å². The summed E-state index contributed by atoms with van der Waals surface area (Å²) in [6.45, 7) is 4.00. The van der Waals surface area contributed by atoms with Gasteiger partial charge in [0, 0.05) is 37.4 Å². The minimum Gasteiger partial charge on any atom is -0.399 e. The smallest absolute Gasteiger partial charge is 0.128 e. The molecule has 0 aliphatic heterocycles. The van der Waals surface area contributed by atoms with Crippen molar-refractivity contribution >= 4 is 11.4 Å². The fourth-order valence-corrected chi connectivity index (χ4v) is 1.97. The maximum absolute atomic E-state index is 5.69. The van der Waals surface area contributed by atoms with E-state index in [-0.39, 0.29) is 0 Å². The number of imidazole rings is 1. The Labute approximate surface area is 108 Å². The van der Waals surface area contributed by atoms with Crippen LogP contribution in [0, 0.1) is 0 Å². The molecule has 96 valence electrons. The van der Waals surface area contributed by atoms with Gasteiger partial charge in [0.15, 0.2) is 0 Å². The van der Waals surface area contributed by atoms with Gasteiger partial charge in [-0.3, -0.25) is 0 Å². The van der Waals surface area contributed by atoms with Crippen molar-refractivity contribution in [2.24, 2.45) is 0 Å². The first-order chi connectivity index (χ1) is 8.70. The quantitative estimate of drug-likeness (QED) is 0.822. The van der Waals surface area contributed by atoms with Crippen LogP contribution in [0.4, 0.5) is 11.4 Å². The average molecular weight is 244 g/mol. The second-order valence-corrected chi connectivity index (χ2v) is 4.48. The lowest BCUT2D eigenvalue weighted by atomic mass is 10.2. The minimum atomic E-state index is 0.791. The molecule has 0 saturated carbocycles. The van der Waals surface area contributed by atoms with E-state index >= 15 is 0 Å². The van der Waals surface area contributed by atoms with E-state index in [4.69, 9.17) is 5.73 Å². The highest BCUT2D eigenvalue weighted by atomic mass is 15.2. The normalized spacial score (nSPS) is 10.6. The van der Waals surface area contributed by atoms with Crippen LogP contribution in [-0.4, -0.2) is 16.6 Å². The van der Waals surface area contributed by atoms with Gasteiger partial charge in [-0.05, 0) is 30.7 Å². The molecule has 0 radical (unpaired) electrons. The molecule has 0 fully saturated rings. The van der Waals surface area contributed by atoms with Gasteiger partial charge in [-0.15, -0.1) is 0 Å². The Balaban J connectivity index is 2.08. The summed E-state index contributed by atoms with van der Waals surface area (Å²) in [5.41, 5.74) is 7.63. The summed E-state index contributed by atoms with van der Waals surface area (Å²) in [7, 11) is 2.07. The molecule has 0 bridgehead atoms. The number of nitrogen functional groups attached to an aromatic ring is 1. The Hall–Kier alpha value is -1.97. The van der Waals surface area contributed by atoms with Gasteiger partial charge in [-0.25, -0.2) is 4.98 Å². The number of nitrogens with two attached hydrogens (primary N) is 1. The monoisotopic (exact) mass is 244 g/mol. The first kappa shape index (κ1) is 12.5. The molecule has 0 aliphatic carbocycles. The molecule has 0 atom stereocenters. The highest BCUT2D eigenvalue weighted by molar-refractivity contribution is 5.52. The van der Waals surface area contributed by atoms with E-state index in [9.17, 15) is 0 Å². The number of anilines is 2. The van der Waals surface area contributed by atoms with Crippen molar-refractivity contribution in [1.29, 1.82) is 0 Å². The number of nitrogens with zero attached hydrogens (tertiary/aromatic N) is 3. The molecule has 2 aromatic rings. The van der Waals surface area contributed by atoms with E-state index in [1.807, 2.05) is 36.7 Å². The predicted molar refractivity (Wildman–Crippen MR) is 75.5 cm³/mol. The van der Waals surface area contributed by atoms with Crippen LogP contribution in [0.5, 0.6) is 0 Å². The summed E-state index contributed by atoms with van der Waals surface area (Å²) < 4.78 is 2.20. The van der Waals surface area contributed by atoms with Gasteiger partial charge in [0.25, 0.3) is 0 Å². The predicted octanol–water partition coefficient (Wildman–Crippen LogP) is 2.51. The largest absolute Gasteiger partial charge is 0.399 e. The molecule has 1 aromatic carbocycles. The molecular weight excluding hydrogens is 224 g/mol. The van der Waals surface area contributed by atoms with Crippen LogP contribution in [0.15, 0.2) is 36.7 Å². The third kappa shape index (κ3) is 2.83. The minimum absolute atomic E-state index is 0.791. The van der Waals surface area contributed by atoms with E-state index < -0.39 is 0 Å². The topological polar surface area (TPSA) is 47.1 Å². The van der Waals surface area contributed by atoms with Crippen LogP contribution in [0.2, 0.25) is 0 Å². The van der Waals surface area contributed by atoms with Gasteiger partial charge in [0.2, 0.25) is 0 Å². The van der Waals surface area contributed by atoms with Crippen LogP contribution in [-0.2, 0) is 13.1 Å². The zero-order valence-electron chi connectivity index (χ0n) is 11.0. The summed E-state index contributed by atoms with van der Waals surface area (Å²) in [6, 6.07) is 7.90. The first-order valence-corrected chi connectivity index (χ1v) is 6.27. The maximum atomic E-state index is 5.69. The van der Waals surface area contributed by atoms with Crippen molar-refractivity contribution in [2.75, 3.05) is 17.7 Å². The molecule has 0 amide bonds. The Morgan fingerprint density at radius 1 is 1.28 bits per heavy atom. The second-order valence-electron chi connectivity index (χ2n) is 4.48. The van der Waals surface area contributed by atoms with Crippen LogP contribution in [0.3, 0.4) is 0 Å². The second kappa shape index (κ2) is 5.58. The van der Waals surface area contributed by atoms with Crippen molar-refractivity contribution in [3.8, 4) is 0 Å². The van der Waals surface area contributed by atoms with Crippen molar-refractivity contribution in [3.05, 3.63) is 42.5 Å². The zero-order valence-corrected chi connectivity index (χ0v) is 11.0. The average Bonchev–Trinajstić information content (AvgIpc) is 2.78. The SMILES string of the molecule is CCCn1ccnc1CN(C)c1ccc(N)cc1. The Morgan fingerprint density at radius 3 is 2.67 bits per heavy atom. The van der Waals surface area contributed by atoms with Crippen molar-refractivity contribution in [3.63, 3.8) is 0 Å². The van der Waals surface area contributed by atoms with Crippen LogP contribution in [0.25, 0.3) is 0 Å². The molecule has 0 unspecified atom stereocenters.